The minimum absolute atomic E-state index is 0.115. The summed E-state index contributed by atoms with van der Waals surface area (Å²) in [6, 6.07) is 6.06. The quantitative estimate of drug-likeness (QED) is 0.701. The summed E-state index contributed by atoms with van der Waals surface area (Å²) in [5, 5.41) is 5.04. The molecule has 2 aliphatic rings. The highest BCUT2D eigenvalue weighted by atomic mass is 35.5. The van der Waals surface area contributed by atoms with Crippen molar-refractivity contribution >= 4 is 29.1 Å². The van der Waals surface area contributed by atoms with Crippen molar-refractivity contribution in [3.8, 4) is 0 Å². The summed E-state index contributed by atoms with van der Waals surface area (Å²) in [6.45, 7) is 5.05. The summed E-state index contributed by atoms with van der Waals surface area (Å²) in [4.78, 5) is 15.0. The van der Waals surface area contributed by atoms with Gasteiger partial charge in [-0.15, -0.1) is 0 Å². The molecule has 3 rings (SSSR count). The Hall–Kier alpha value is -0.770. The molecule has 2 unspecified atom stereocenters. The lowest BCUT2D eigenvalue weighted by molar-refractivity contribution is -0.138. The van der Waals surface area contributed by atoms with Crippen LogP contribution in [0.25, 0.3) is 0 Å². The zero-order chi connectivity index (χ0) is 18.7. The minimum atomic E-state index is -0.115. The number of nitrogens with zero attached hydrogens (tertiary/aromatic N) is 1. The van der Waals surface area contributed by atoms with E-state index in [1.54, 1.807) is 6.07 Å². The Morgan fingerprint density at radius 2 is 1.65 bits per heavy atom. The normalized spacial score (nSPS) is 23.5. The maximum absolute atomic E-state index is 13.0. The van der Waals surface area contributed by atoms with Crippen LogP contribution in [-0.2, 0) is 4.79 Å². The molecule has 3 nitrogen and oxygen atoms in total. The molecule has 5 heteroatoms. The first-order valence-corrected chi connectivity index (χ1v) is 10.7. The molecule has 1 aliphatic heterocycles. The highest BCUT2D eigenvalue weighted by Gasteiger charge is 2.34. The smallest absolute Gasteiger partial charge is 0.239 e. The number of hydrogen-bond donors (Lipinski definition) is 1. The predicted molar refractivity (Wildman–Crippen MR) is 109 cm³/mol. The number of piperidine rings is 1. The molecule has 1 saturated heterocycles. The van der Waals surface area contributed by atoms with Gasteiger partial charge in [0.15, 0.2) is 0 Å². The fourth-order valence-corrected chi connectivity index (χ4v) is 5.05. The molecule has 0 spiro atoms. The number of nitrogens with one attached hydrogen (secondary N) is 1. The van der Waals surface area contributed by atoms with Gasteiger partial charge in [0, 0.05) is 28.7 Å². The second-order valence-electron chi connectivity index (χ2n) is 8.07. The van der Waals surface area contributed by atoms with Crippen molar-refractivity contribution in [1.29, 1.82) is 0 Å². The lowest BCUT2D eigenvalue weighted by Crippen LogP contribution is -2.54. The molecule has 1 aromatic rings. The van der Waals surface area contributed by atoms with E-state index in [2.05, 4.69) is 19.2 Å². The summed E-state index contributed by atoms with van der Waals surface area (Å²) in [5.41, 5.74) is 1.11. The average Bonchev–Trinajstić information content (AvgIpc) is 2.60. The molecule has 2 fully saturated rings. The number of halogens is 2. The third kappa shape index (κ3) is 4.74. The highest BCUT2D eigenvalue weighted by molar-refractivity contribution is 6.34. The number of hydrogen-bond acceptors (Lipinski definition) is 2. The van der Waals surface area contributed by atoms with Gasteiger partial charge < -0.3 is 4.90 Å². The van der Waals surface area contributed by atoms with Gasteiger partial charge >= 0.3 is 0 Å². The van der Waals surface area contributed by atoms with E-state index in [9.17, 15) is 4.79 Å². The molecule has 0 bridgehead atoms. The van der Waals surface area contributed by atoms with E-state index in [1.807, 2.05) is 17.0 Å². The van der Waals surface area contributed by atoms with Crippen molar-refractivity contribution in [2.75, 3.05) is 6.54 Å². The Labute approximate surface area is 167 Å². The van der Waals surface area contributed by atoms with Crippen LogP contribution in [0.4, 0.5) is 0 Å². The third-order valence-electron chi connectivity index (χ3n) is 5.84. The van der Waals surface area contributed by atoms with Gasteiger partial charge in [-0.2, -0.15) is 0 Å². The van der Waals surface area contributed by atoms with Gasteiger partial charge in [-0.05, 0) is 69.2 Å². The van der Waals surface area contributed by atoms with E-state index in [-0.39, 0.29) is 24.0 Å². The van der Waals surface area contributed by atoms with E-state index in [4.69, 9.17) is 23.2 Å². The van der Waals surface area contributed by atoms with E-state index in [0.29, 0.717) is 16.0 Å². The Bertz CT molecular complexity index is 608. The maximum Gasteiger partial charge on any atom is 0.239 e. The SMILES string of the molecule is CC(C)N1CCCC(NC(c2cc(Cl)cc(Cl)c2)C2CCCCC2)C1=O. The Balaban J connectivity index is 1.84. The molecule has 1 saturated carbocycles. The lowest BCUT2D eigenvalue weighted by atomic mass is 9.80. The molecule has 0 aromatic heterocycles. The van der Waals surface area contributed by atoms with E-state index in [1.165, 1.54) is 32.1 Å². The van der Waals surface area contributed by atoms with Crippen molar-refractivity contribution < 1.29 is 4.79 Å². The number of likely N-dealkylation sites (tertiary alicyclic amines) is 1. The number of carbonyl (C=O) groups is 1. The van der Waals surface area contributed by atoms with Gasteiger partial charge in [0.05, 0.1) is 6.04 Å². The summed E-state index contributed by atoms with van der Waals surface area (Å²) in [6.07, 6.45) is 8.16. The Morgan fingerprint density at radius 1 is 1.00 bits per heavy atom. The fourth-order valence-electron chi connectivity index (χ4n) is 4.51. The highest BCUT2D eigenvalue weighted by Crippen LogP contribution is 2.37. The van der Waals surface area contributed by atoms with Crippen LogP contribution in [-0.4, -0.2) is 29.4 Å². The summed E-state index contributed by atoms with van der Waals surface area (Å²) < 4.78 is 0. The Morgan fingerprint density at radius 3 is 2.27 bits per heavy atom. The molecule has 1 aliphatic carbocycles. The van der Waals surface area contributed by atoms with Crippen LogP contribution in [0.1, 0.15) is 70.4 Å². The van der Waals surface area contributed by atoms with E-state index in [0.717, 1.165) is 24.9 Å². The number of carbonyl (C=O) groups excluding carboxylic acids is 1. The van der Waals surface area contributed by atoms with Crippen molar-refractivity contribution in [2.45, 2.75) is 76.9 Å². The maximum atomic E-state index is 13.0. The van der Waals surface area contributed by atoms with Crippen LogP contribution in [0.15, 0.2) is 18.2 Å². The topological polar surface area (TPSA) is 32.3 Å². The van der Waals surface area contributed by atoms with Crippen LogP contribution < -0.4 is 5.32 Å². The molecule has 1 amide bonds. The standard InChI is InChI=1S/C21H30Cl2N2O/c1-14(2)25-10-6-9-19(21(25)26)24-20(15-7-4-3-5-8-15)16-11-17(22)13-18(23)12-16/h11-15,19-20,24H,3-10H2,1-2H3. The third-order valence-corrected chi connectivity index (χ3v) is 6.28. The van der Waals surface area contributed by atoms with Gasteiger partial charge in [-0.3, -0.25) is 10.1 Å². The van der Waals surface area contributed by atoms with Gasteiger partial charge in [0.25, 0.3) is 0 Å². The first-order valence-electron chi connectivity index (χ1n) is 9.98. The fraction of sp³-hybridized carbons (Fsp3) is 0.667. The molecule has 1 aromatic carbocycles. The largest absolute Gasteiger partial charge is 0.339 e. The zero-order valence-corrected chi connectivity index (χ0v) is 17.3. The summed E-state index contributed by atoms with van der Waals surface area (Å²) >= 11 is 12.6. The Kier molecular flexibility index (Phi) is 6.87. The first kappa shape index (κ1) is 20.0. The molecule has 26 heavy (non-hydrogen) atoms. The van der Waals surface area contributed by atoms with Gasteiger partial charge in [-0.25, -0.2) is 0 Å². The van der Waals surface area contributed by atoms with Crippen LogP contribution in [0.5, 0.6) is 0 Å². The van der Waals surface area contributed by atoms with Crippen LogP contribution in [0.2, 0.25) is 10.0 Å². The van der Waals surface area contributed by atoms with Crippen molar-refractivity contribution in [1.82, 2.24) is 10.2 Å². The second kappa shape index (κ2) is 8.95. The first-order chi connectivity index (χ1) is 12.5. The van der Waals surface area contributed by atoms with E-state index >= 15 is 0 Å². The second-order valence-corrected chi connectivity index (χ2v) is 8.94. The molecule has 1 heterocycles. The monoisotopic (exact) mass is 396 g/mol. The molecule has 0 radical (unpaired) electrons. The molecule has 2 atom stereocenters. The van der Waals surface area contributed by atoms with Crippen molar-refractivity contribution in [2.24, 2.45) is 5.92 Å². The van der Waals surface area contributed by atoms with Crippen LogP contribution >= 0.6 is 23.2 Å². The lowest BCUT2D eigenvalue weighted by Gasteiger charge is -2.39. The molecular formula is C21H30Cl2N2O. The van der Waals surface area contributed by atoms with Gasteiger partial charge in [0.2, 0.25) is 5.91 Å². The van der Waals surface area contributed by atoms with Crippen molar-refractivity contribution in [3.63, 3.8) is 0 Å². The van der Waals surface area contributed by atoms with Gasteiger partial charge in [-0.1, -0.05) is 42.5 Å². The predicted octanol–water partition coefficient (Wildman–Crippen LogP) is 5.60. The van der Waals surface area contributed by atoms with E-state index < -0.39 is 0 Å². The molecule has 1 N–H and O–H groups in total. The average molecular weight is 397 g/mol. The van der Waals surface area contributed by atoms with Gasteiger partial charge in [0.1, 0.15) is 0 Å². The summed E-state index contributed by atoms with van der Waals surface area (Å²) in [5.74, 6) is 0.765. The number of rotatable bonds is 5. The summed E-state index contributed by atoms with van der Waals surface area (Å²) in [7, 11) is 0. The van der Waals surface area contributed by atoms with Crippen molar-refractivity contribution in [3.05, 3.63) is 33.8 Å². The van der Waals surface area contributed by atoms with Crippen LogP contribution in [0, 0.1) is 5.92 Å². The number of benzene rings is 1. The minimum Gasteiger partial charge on any atom is -0.339 e. The molecule has 144 valence electrons. The molecular weight excluding hydrogens is 367 g/mol. The number of amides is 1. The van der Waals surface area contributed by atoms with Crippen LogP contribution in [0.3, 0.4) is 0 Å². The zero-order valence-electron chi connectivity index (χ0n) is 15.8.